The molecule has 1 saturated heterocycles. The second-order valence-corrected chi connectivity index (χ2v) is 13.7. The molecular weight excluding hydrogens is 298 g/mol. The largest absolute Gasteiger partial charge is 0.382 e. The van der Waals surface area contributed by atoms with Crippen molar-refractivity contribution in [2.24, 2.45) is 5.73 Å². The number of anilines is 2. The second kappa shape index (κ2) is 6.86. The third kappa shape index (κ3) is 4.30. The lowest BCUT2D eigenvalue weighted by molar-refractivity contribution is 0.411. The molecule has 2 aliphatic rings. The zero-order valence-corrected chi connectivity index (χ0v) is 16.1. The van der Waals surface area contributed by atoms with Gasteiger partial charge in [0, 0.05) is 36.5 Å². The molecule has 0 aromatic heterocycles. The zero-order chi connectivity index (χ0) is 16.4. The summed E-state index contributed by atoms with van der Waals surface area (Å²) >= 11 is 0. The van der Waals surface area contributed by atoms with Crippen molar-refractivity contribution in [1.82, 2.24) is 0 Å². The van der Waals surface area contributed by atoms with Gasteiger partial charge in [0.15, 0.2) is 0 Å². The number of hydrogen-bond donors (Lipinski definition) is 2. The highest BCUT2D eigenvalue weighted by Gasteiger charge is 2.27. The Kier molecular flexibility index (Phi) is 5.02. The van der Waals surface area contributed by atoms with Crippen molar-refractivity contribution in [1.29, 1.82) is 0 Å². The molecule has 1 aliphatic carbocycles. The first-order valence-corrected chi connectivity index (χ1v) is 12.7. The van der Waals surface area contributed by atoms with Gasteiger partial charge < -0.3 is 16.0 Å². The maximum absolute atomic E-state index is 6.01. The van der Waals surface area contributed by atoms with Crippen molar-refractivity contribution >= 4 is 19.4 Å². The Morgan fingerprint density at radius 3 is 2.35 bits per heavy atom. The average molecular weight is 332 g/mol. The van der Waals surface area contributed by atoms with E-state index in [4.69, 9.17) is 5.73 Å². The molecule has 3 N–H and O–H groups in total. The van der Waals surface area contributed by atoms with E-state index in [2.05, 4.69) is 48.4 Å². The van der Waals surface area contributed by atoms with Crippen molar-refractivity contribution in [2.75, 3.05) is 23.3 Å². The molecule has 128 valence electrons. The molecule has 2 fully saturated rings. The Labute approximate surface area is 142 Å². The number of nitrogens with zero attached hydrogens (tertiary/aromatic N) is 1. The highest BCUT2D eigenvalue weighted by molar-refractivity contribution is 6.77. The van der Waals surface area contributed by atoms with Gasteiger partial charge in [0.1, 0.15) is 0 Å². The summed E-state index contributed by atoms with van der Waals surface area (Å²) in [6.07, 6.45) is 4.72. The van der Waals surface area contributed by atoms with Crippen LogP contribution in [0.25, 0.3) is 0 Å². The van der Waals surface area contributed by atoms with Gasteiger partial charge in [0.25, 0.3) is 0 Å². The summed E-state index contributed by atoms with van der Waals surface area (Å²) in [4.78, 5) is 2.58. The van der Waals surface area contributed by atoms with Gasteiger partial charge in [-0.25, -0.2) is 0 Å². The van der Waals surface area contributed by atoms with Crippen LogP contribution < -0.4 is 16.0 Å². The highest BCUT2D eigenvalue weighted by atomic mass is 28.3. The lowest BCUT2D eigenvalue weighted by Crippen LogP contribution is -2.42. The van der Waals surface area contributed by atoms with Crippen molar-refractivity contribution in [3.8, 4) is 0 Å². The molecule has 4 heteroatoms. The summed E-state index contributed by atoms with van der Waals surface area (Å²) in [5.74, 6) is 0. The van der Waals surface area contributed by atoms with E-state index in [0.717, 1.165) is 12.8 Å². The topological polar surface area (TPSA) is 41.3 Å². The van der Waals surface area contributed by atoms with E-state index < -0.39 is 8.07 Å². The maximum Gasteiger partial charge on any atom is 0.0508 e. The van der Waals surface area contributed by atoms with Gasteiger partial charge in [0.2, 0.25) is 0 Å². The lowest BCUT2D eigenvalue weighted by atomic mass is 9.91. The summed E-state index contributed by atoms with van der Waals surface area (Å²) in [6.45, 7) is 9.78. The van der Waals surface area contributed by atoms with E-state index in [1.54, 1.807) is 0 Å². The highest BCUT2D eigenvalue weighted by Crippen LogP contribution is 2.30. The fourth-order valence-electron chi connectivity index (χ4n) is 3.86. The van der Waals surface area contributed by atoms with Crippen LogP contribution in [0.15, 0.2) is 18.2 Å². The zero-order valence-electron chi connectivity index (χ0n) is 15.1. The van der Waals surface area contributed by atoms with Crippen molar-refractivity contribution in [3.63, 3.8) is 0 Å². The second-order valence-electron chi connectivity index (χ2n) is 8.41. The van der Waals surface area contributed by atoms with E-state index >= 15 is 0 Å². The van der Waals surface area contributed by atoms with Crippen LogP contribution in [-0.2, 0) is 0 Å². The number of aryl methyl sites for hydroxylation is 1. The molecule has 1 aromatic rings. The van der Waals surface area contributed by atoms with Crippen LogP contribution in [0.2, 0.25) is 25.2 Å². The summed E-state index contributed by atoms with van der Waals surface area (Å²) < 4.78 is 0. The predicted octanol–water partition coefficient (Wildman–Crippen LogP) is 4.21. The number of rotatable bonds is 3. The predicted molar refractivity (Wildman–Crippen MR) is 104 cm³/mol. The van der Waals surface area contributed by atoms with Crippen LogP contribution in [0.5, 0.6) is 0 Å². The molecule has 1 heterocycles. The molecule has 0 unspecified atom stereocenters. The van der Waals surface area contributed by atoms with Crippen LogP contribution in [0.3, 0.4) is 0 Å². The third-order valence-electron chi connectivity index (χ3n) is 5.82. The monoisotopic (exact) mass is 331 g/mol. The molecule has 1 saturated carbocycles. The summed E-state index contributed by atoms with van der Waals surface area (Å²) in [7, 11) is -0.889. The summed E-state index contributed by atoms with van der Waals surface area (Å²) in [5.41, 5.74) is 10.1. The summed E-state index contributed by atoms with van der Waals surface area (Å²) in [6, 6.07) is 10.8. The van der Waals surface area contributed by atoms with Crippen molar-refractivity contribution in [3.05, 3.63) is 23.8 Å². The van der Waals surface area contributed by atoms with Crippen molar-refractivity contribution in [2.45, 2.75) is 69.9 Å². The van der Waals surface area contributed by atoms with Gasteiger partial charge in [-0.1, -0.05) is 13.1 Å². The van der Waals surface area contributed by atoms with Crippen LogP contribution >= 0.6 is 0 Å². The number of nitrogens with two attached hydrogens (primary N) is 1. The van der Waals surface area contributed by atoms with Crippen LogP contribution in [0.1, 0.15) is 31.2 Å². The van der Waals surface area contributed by atoms with Gasteiger partial charge >= 0.3 is 0 Å². The SMILES string of the molecule is Cc1cc(N2CC[Si](C)(C)CC2)ccc1NC1CCC(N)CC1. The molecule has 1 aromatic carbocycles. The van der Waals surface area contributed by atoms with Crippen LogP contribution in [0, 0.1) is 6.92 Å². The molecule has 1 aliphatic heterocycles. The van der Waals surface area contributed by atoms with Gasteiger partial charge in [-0.15, -0.1) is 0 Å². The minimum Gasteiger partial charge on any atom is -0.382 e. The molecule has 3 rings (SSSR count). The minimum atomic E-state index is -0.889. The van der Waals surface area contributed by atoms with Gasteiger partial charge in [0.05, 0.1) is 8.07 Å². The van der Waals surface area contributed by atoms with Gasteiger partial charge in [-0.3, -0.25) is 0 Å². The van der Waals surface area contributed by atoms with E-state index in [0.29, 0.717) is 12.1 Å². The van der Waals surface area contributed by atoms with E-state index in [9.17, 15) is 0 Å². The molecule has 0 bridgehead atoms. The van der Waals surface area contributed by atoms with E-state index in [1.165, 1.54) is 55.0 Å². The molecule has 0 radical (unpaired) electrons. The Balaban J connectivity index is 1.62. The molecule has 0 amide bonds. The quantitative estimate of drug-likeness (QED) is 0.815. The maximum atomic E-state index is 6.01. The van der Waals surface area contributed by atoms with Gasteiger partial charge in [-0.2, -0.15) is 0 Å². The summed E-state index contributed by atoms with van der Waals surface area (Å²) in [5, 5.41) is 3.75. The third-order valence-corrected chi connectivity index (χ3v) is 8.98. The first kappa shape index (κ1) is 16.8. The van der Waals surface area contributed by atoms with Crippen LogP contribution in [-0.4, -0.2) is 33.2 Å². The van der Waals surface area contributed by atoms with Crippen molar-refractivity contribution < 1.29 is 0 Å². The van der Waals surface area contributed by atoms with Gasteiger partial charge in [-0.05, 0) is 68.5 Å². The fraction of sp³-hybridized carbons (Fsp3) is 0.684. The number of benzene rings is 1. The van der Waals surface area contributed by atoms with E-state index in [-0.39, 0.29) is 0 Å². The standard InChI is InChI=1S/C19H33N3Si/c1-15-14-18(22-10-12-23(2,3)13-11-22)8-9-19(15)21-17-6-4-16(20)5-7-17/h8-9,14,16-17,21H,4-7,10-13,20H2,1-3H3. The first-order chi connectivity index (χ1) is 10.9. The molecular formula is C19H33N3Si. The first-order valence-electron chi connectivity index (χ1n) is 9.31. The van der Waals surface area contributed by atoms with E-state index in [1.807, 2.05) is 0 Å². The number of hydrogen-bond acceptors (Lipinski definition) is 3. The molecule has 0 spiro atoms. The molecule has 0 atom stereocenters. The average Bonchev–Trinajstić information content (AvgIpc) is 2.51. The molecule has 23 heavy (non-hydrogen) atoms. The Morgan fingerprint density at radius 2 is 1.74 bits per heavy atom. The Hall–Kier alpha value is -1.00. The number of nitrogens with one attached hydrogen (secondary N) is 1. The normalized spacial score (nSPS) is 27.7. The van der Waals surface area contributed by atoms with Crippen LogP contribution in [0.4, 0.5) is 11.4 Å². The fourth-order valence-corrected chi connectivity index (χ4v) is 5.86. The smallest absolute Gasteiger partial charge is 0.0508 e. The Bertz CT molecular complexity index is 525. The lowest BCUT2D eigenvalue weighted by Gasteiger charge is -2.37. The molecule has 3 nitrogen and oxygen atoms in total. The Morgan fingerprint density at radius 1 is 1.09 bits per heavy atom. The minimum absolute atomic E-state index is 0.420.